The molecule has 0 aliphatic carbocycles. The van der Waals surface area contributed by atoms with Crippen LogP contribution in [0.2, 0.25) is 0 Å². The van der Waals surface area contributed by atoms with Crippen LogP contribution in [0.5, 0.6) is 11.8 Å². The molecule has 0 unspecified atom stereocenters. The number of aromatic hydroxyl groups is 2. The first-order valence-electron chi connectivity index (χ1n) is 4.63. The molecule has 1 aromatic heterocycles. The van der Waals surface area contributed by atoms with Gasteiger partial charge in [-0.3, -0.25) is 4.57 Å². The lowest BCUT2D eigenvalue weighted by atomic mass is 10.1. The summed E-state index contributed by atoms with van der Waals surface area (Å²) in [5, 5.41) is 27.9. The zero-order valence-electron chi connectivity index (χ0n) is 8.46. The lowest BCUT2D eigenvalue weighted by Gasteiger charge is -2.10. The lowest BCUT2D eigenvalue weighted by Crippen LogP contribution is -2.05. The molecule has 6 heteroatoms. The minimum absolute atomic E-state index is 0.141. The van der Waals surface area contributed by atoms with E-state index >= 15 is 0 Å². The van der Waals surface area contributed by atoms with Crippen LogP contribution in [0.3, 0.4) is 0 Å². The van der Waals surface area contributed by atoms with Crippen molar-refractivity contribution in [2.24, 2.45) is 0 Å². The minimum Gasteiger partial charge on any atom is -0.494 e. The molecule has 0 aliphatic rings. The van der Waals surface area contributed by atoms with Crippen molar-refractivity contribution in [3.05, 3.63) is 41.7 Å². The van der Waals surface area contributed by atoms with Gasteiger partial charge in [-0.2, -0.15) is 0 Å². The number of rotatable bonds is 2. The number of aromatic nitrogens is 1. The number of hydrogen-bond acceptors (Lipinski definition) is 3. The Balaban J connectivity index is 2.74. The quantitative estimate of drug-likeness (QED) is 0.742. The number of carboxylic acids is 1. The van der Waals surface area contributed by atoms with Crippen molar-refractivity contribution >= 4 is 5.97 Å². The van der Waals surface area contributed by atoms with Gasteiger partial charge in [-0.1, -0.05) is 0 Å². The third kappa shape index (κ3) is 1.80. The van der Waals surface area contributed by atoms with E-state index in [0.717, 1.165) is 22.8 Å². The topological polar surface area (TPSA) is 82.7 Å². The number of carbonyl (C=O) groups is 1. The van der Waals surface area contributed by atoms with E-state index in [1.165, 1.54) is 12.1 Å². The van der Waals surface area contributed by atoms with E-state index in [4.69, 9.17) is 5.11 Å². The molecule has 0 aliphatic heterocycles. The Labute approximate surface area is 95.0 Å². The molecule has 0 bridgehead atoms. The third-order valence-corrected chi connectivity index (χ3v) is 2.27. The van der Waals surface area contributed by atoms with Crippen molar-refractivity contribution in [2.45, 2.75) is 0 Å². The van der Waals surface area contributed by atoms with E-state index in [9.17, 15) is 19.4 Å². The molecule has 0 saturated heterocycles. The number of carboxylic acid groups (broad SMARTS) is 1. The van der Waals surface area contributed by atoms with E-state index in [2.05, 4.69) is 0 Å². The van der Waals surface area contributed by atoms with Crippen LogP contribution >= 0.6 is 0 Å². The van der Waals surface area contributed by atoms with Gasteiger partial charge in [0.2, 0.25) is 0 Å². The molecule has 1 heterocycles. The van der Waals surface area contributed by atoms with E-state index in [1.807, 2.05) is 0 Å². The molecule has 0 saturated carbocycles. The van der Waals surface area contributed by atoms with E-state index < -0.39 is 11.8 Å². The normalized spacial score (nSPS) is 10.4. The fourth-order valence-electron chi connectivity index (χ4n) is 1.53. The number of benzene rings is 1. The highest BCUT2D eigenvalue weighted by Crippen LogP contribution is 2.29. The molecule has 2 rings (SSSR count). The molecule has 0 amide bonds. The molecular weight excluding hydrogens is 229 g/mol. The summed E-state index contributed by atoms with van der Waals surface area (Å²) in [6.45, 7) is 0. The van der Waals surface area contributed by atoms with Gasteiger partial charge < -0.3 is 15.3 Å². The number of nitrogens with zero attached hydrogens (tertiary/aromatic N) is 1. The summed E-state index contributed by atoms with van der Waals surface area (Å²) in [7, 11) is 0. The maximum absolute atomic E-state index is 13.1. The summed E-state index contributed by atoms with van der Waals surface area (Å²) in [6.07, 6.45) is 0. The van der Waals surface area contributed by atoms with Crippen LogP contribution < -0.4 is 0 Å². The zero-order chi connectivity index (χ0) is 12.6. The predicted octanol–water partition coefficient (Wildman–Crippen LogP) is 1.73. The first-order valence-corrected chi connectivity index (χ1v) is 4.63. The Morgan fingerprint density at radius 3 is 2.24 bits per heavy atom. The summed E-state index contributed by atoms with van der Waals surface area (Å²) in [6, 6.07) is 5.32. The summed E-state index contributed by atoms with van der Waals surface area (Å²) < 4.78 is 13.9. The molecule has 88 valence electrons. The van der Waals surface area contributed by atoms with Crippen LogP contribution in [0, 0.1) is 5.82 Å². The maximum Gasteiger partial charge on any atom is 0.337 e. The Morgan fingerprint density at radius 2 is 1.71 bits per heavy atom. The minimum atomic E-state index is -1.28. The van der Waals surface area contributed by atoms with Gasteiger partial charge >= 0.3 is 5.97 Å². The average molecular weight is 237 g/mol. The van der Waals surface area contributed by atoms with Crippen LogP contribution in [-0.2, 0) is 0 Å². The second kappa shape index (κ2) is 3.82. The van der Waals surface area contributed by atoms with Crippen LogP contribution in [0.25, 0.3) is 5.69 Å². The second-order valence-corrected chi connectivity index (χ2v) is 3.35. The summed E-state index contributed by atoms with van der Waals surface area (Å²) in [4.78, 5) is 11.0. The smallest absolute Gasteiger partial charge is 0.337 e. The lowest BCUT2D eigenvalue weighted by molar-refractivity contribution is 0.0697. The highest BCUT2D eigenvalue weighted by Gasteiger charge is 2.17. The molecule has 5 nitrogen and oxygen atoms in total. The Hall–Kier alpha value is -2.50. The van der Waals surface area contributed by atoms with Crippen molar-refractivity contribution in [3.8, 4) is 17.4 Å². The van der Waals surface area contributed by atoms with Crippen molar-refractivity contribution in [1.82, 2.24) is 4.57 Å². The molecule has 0 atom stereocenters. The average Bonchev–Trinajstić information content (AvgIpc) is 2.58. The van der Waals surface area contributed by atoms with Gasteiger partial charge in [-0.15, -0.1) is 0 Å². The molecule has 2 aromatic rings. The van der Waals surface area contributed by atoms with Gasteiger partial charge in [0, 0.05) is 12.1 Å². The standard InChI is InChI=1S/C11H8FNO4/c12-6-1-2-7(11(16)17)8(5-6)13-9(14)3-4-10(13)15/h1-5,14-15H,(H,16,17). The molecular formula is C11H8FNO4. The van der Waals surface area contributed by atoms with Crippen molar-refractivity contribution < 1.29 is 24.5 Å². The van der Waals surface area contributed by atoms with Crippen LogP contribution in [0.15, 0.2) is 30.3 Å². The molecule has 3 N–H and O–H groups in total. The number of halogens is 1. The maximum atomic E-state index is 13.1. The third-order valence-electron chi connectivity index (χ3n) is 2.27. The zero-order valence-corrected chi connectivity index (χ0v) is 8.46. The van der Waals surface area contributed by atoms with Crippen LogP contribution in [0.1, 0.15) is 10.4 Å². The van der Waals surface area contributed by atoms with Crippen molar-refractivity contribution in [1.29, 1.82) is 0 Å². The fourth-order valence-corrected chi connectivity index (χ4v) is 1.53. The predicted molar refractivity (Wildman–Crippen MR) is 56.0 cm³/mol. The largest absolute Gasteiger partial charge is 0.494 e. The van der Waals surface area contributed by atoms with Gasteiger partial charge in [0.15, 0.2) is 11.8 Å². The first-order chi connectivity index (χ1) is 8.00. The molecule has 1 aromatic carbocycles. The Bertz CT molecular complexity index is 572. The van der Waals surface area contributed by atoms with Gasteiger partial charge in [0.25, 0.3) is 0 Å². The SMILES string of the molecule is O=C(O)c1ccc(F)cc1-n1c(O)ccc1O. The second-order valence-electron chi connectivity index (χ2n) is 3.35. The van der Waals surface area contributed by atoms with Gasteiger partial charge in [-0.05, 0) is 18.2 Å². The summed E-state index contributed by atoms with van der Waals surface area (Å²) in [5.41, 5.74) is -0.370. The summed E-state index contributed by atoms with van der Waals surface area (Å²) in [5.74, 6) is -2.71. The Kier molecular flexibility index (Phi) is 2.47. The summed E-state index contributed by atoms with van der Waals surface area (Å²) >= 11 is 0. The first kappa shape index (κ1) is 11.0. The van der Waals surface area contributed by atoms with Gasteiger partial charge in [0.05, 0.1) is 11.3 Å². The fraction of sp³-hybridized carbons (Fsp3) is 0. The monoisotopic (exact) mass is 237 g/mol. The van der Waals surface area contributed by atoms with E-state index in [0.29, 0.717) is 0 Å². The molecule has 17 heavy (non-hydrogen) atoms. The molecule has 0 spiro atoms. The van der Waals surface area contributed by atoms with Gasteiger partial charge in [0.1, 0.15) is 5.82 Å². The van der Waals surface area contributed by atoms with Crippen LogP contribution in [0.4, 0.5) is 4.39 Å². The highest BCUT2D eigenvalue weighted by molar-refractivity contribution is 5.92. The Morgan fingerprint density at radius 1 is 1.12 bits per heavy atom. The van der Waals surface area contributed by atoms with Crippen molar-refractivity contribution in [2.75, 3.05) is 0 Å². The number of aromatic carboxylic acids is 1. The molecule has 0 radical (unpaired) electrons. The number of hydrogen-bond donors (Lipinski definition) is 3. The van der Waals surface area contributed by atoms with Crippen LogP contribution in [-0.4, -0.2) is 25.9 Å². The van der Waals surface area contributed by atoms with Gasteiger partial charge in [-0.25, -0.2) is 9.18 Å². The highest BCUT2D eigenvalue weighted by atomic mass is 19.1. The molecule has 0 fully saturated rings. The van der Waals surface area contributed by atoms with Crippen molar-refractivity contribution in [3.63, 3.8) is 0 Å². The van der Waals surface area contributed by atoms with E-state index in [1.54, 1.807) is 0 Å². The van der Waals surface area contributed by atoms with E-state index in [-0.39, 0.29) is 23.0 Å².